The van der Waals surface area contributed by atoms with Gasteiger partial charge in [-0.3, -0.25) is 20.4 Å². The quantitative estimate of drug-likeness (QED) is 0.512. The van der Waals surface area contributed by atoms with Gasteiger partial charge in [0.2, 0.25) is 11.8 Å². The molecule has 0 bridgehead atoms. The lowest BCUT2D eigenvalue weighted by molar-refractivity contribution is -0.125. The Labute approximate surface area is 192 Å². The van der Waals surface area contributed by atoms with Gasteiger partial charge in [-0.25, -0.2) is 0 Å². The van der Waals surface area contributed by atoms with Crippen LogP contribution in [0.3, 0.4) is 0 Å². The molecule has 2 N–H and O–H groups in total. The number of aryl methyl sites for hydroxylation is 1. The van der Waals surface area contributed by atoms with Crippen LogP contribution < -0.4 is 20.5 Å². The fourth-order valence-corrected chi connectivity index (χ4v) is 3.63. The van der Waals surface area contributed by atoms with E-state index in [1.165, 1.54) is 0 Å². The Hall–Kier alpha value is -3.51. The summed E-state index contributed by atoms with van der Waals surface area (Å²) in [4.78, 5) is 26.7. The van der Waals surface area contributed by atoms with Crippen LogP contribution in [0.2, 0.25) is 5.02 Å². The first-order valence-corrected chi connectivity index (χ1v) is 10.8. The molecule has 0 aromatic heterocycles. The van der Waals surface area contributed by atoms with Crippen molar-refractivity contribution in [1.82, 2.24) is 5.43 Å². The van der Waals surface area contributed by atoms with Crippen molar-refractivity contribution in [2.75, 3.05) is 16.9 Å². The Morgan fingerprint density at radius 2 is 1.84 bits per heavy atom. The van der Waals surface area contributed by atoms with Crippen LogP contribution in [0.4, 0.5) is 11.4 Å². The van der Waals surface area contributed by atoms with E-state index < -0.39 is 5.92 Å². The number of hydrazine groups is 1. The minimum Gasteiger partial charge on any atom is -0.489 e. The summed E-state index contributed by atoms with van der Waals surface area (Å²) in [5.74, 6) is -0.0199. The number of carbonyl (C=O) groups is 2. The molecule has 2 amide bonds. The van der Waals surface area contributed by atoms with Crippen LogP contribution in [0.15, 0.2) is 72.8 Å². The molecule has 1 aliphatic heterocycles. The Kier molecular flexibility index (Phi) is 6.61. The molecular weight excluding hydrogens is 426 g/mol. The molecule has 4 rings (SSSR count). The minimum absolute atomic E-state index is 0.0494. The van der Waals surface area contributed by atoms with E-state index in [1.807, 2.05) is 73.7 Å². The molecule has 7 heteroatoms. The molecule has 1 heterocycles. The summed E-state index contributed by atoms with van der Waals surface area (Å²) in [7, 11) is 0. The van der Waals surface area contributed by atoms with Crippen molar-refractivity contribution in [3.8, 4) is 5.75 Å². The standard InChI is InChI=1S/C25H24ClN3O3/c1-17-5-11-22(12-6-17)29-15-19(13-24(29)30)25(31)28-27-21-3-2-4-23(14-21)32-16-18-7-9-20(26)10-8-18/h2-12,14,19,27H,13,15-16H2,1H3,(H,28,31)/t19-/m0/s1. The Balaban J connectivity index is 1.30. The number of hydrogen-bond acceptors (Lipinski definition) is 4. The summed E-state index contributed by atoms with van der Waals surface area (Å²) < 4.78 is 5.82. The fourth-order valence-electron chi connectivity index (χ4n) is 3.50. The summed E-state index contributed by atoms with van der Waals surface area (Å²) in [6, 6.07) is 22.5. The van der Waals surface area contributed by atoms with Gasteiger partial charge in [-0.1, -0.05) is 47.5 Å². The SMILES string of the molecule is Cc1ccc(N2C[C@@H](C(=O)NNc3cccc(OCc4ccc(Cl)cc4)c3)CC2=O)cc1. The number of halogens is 1. The average molecular weight is 450 g/mol. The fraction of sp³-hybridized carbons (Fsp3) is 0.200. The van der Waals surface area contributed by atoms with Crippen LogP contribution in [0.1, 0.15) is 17.5 Å². The lowest BCUT2D eigenvalue weighted by atomic mass is 10.1. The van der Waals surface area contributed by atoms with Crippen LogP contribution >= 0.6 is 11.6 Å². The third-order valence-corrected chi connectivity index (χ3v) is 5.58. The molecule has 0 saturated carbocycles. The van der Waals surface area contributed by atoms with Crippen molar-refractivity contribution < 1.29 is 14.3 Å². The van der Waals surface area contributed by atoms with Crippen molar-refractivity contribution in [2.24, 2.45) is 5.92 Å². The third-order valence-electron chi connectivity index (χ3n) is 5.32. The number of carbonyl (C=O) groups excluding carboxylic acids is 2. The molecule has 1 fully saturated rings. The van der Waals surface area contributed by atoms with Crippen LogP contribution in [0.25, 0.3) is 0 Å². The van der Waals surface area contributed by atoms with Gasteiger partial charge in [-0.2, -0.15) is 0 Å². The molecular formula is C25H24ClN3O3. The smallest absolute Gasteiger partial charge is 0.243 e. The lowest BCUT2D eigenvalue weighted by Crippen LogP contribution is -2.36. The van der Waals surface area contributed by atoms with Crippen molar-refractivity contribution in [2.45, 2.75) is 20.0 Å². The van der Waals surface area contributed by atoms with Gasteiger partial charge < -0.3 is 9.64 Å². The number of amides is 2. The molecule has 0 spiro atoms. The van der Waals surface area contributed by atoms with Gasteiger partial charge >= 0.3 is 0 Å². The maximum absolute atomic E-state index is 12.6. The molecule has 0 radical (unpaired) electrons. The zero-order valence-corrected chi connectivity index (χ0v) is 18.4. The highest BCUT2D eigenvalue weighted by Crippen LogP contribution is 2.26. The summed E-state index contributed by atoms with van der Waals surface area (Å²) in [6.07, 6.45) is 0.186. The zero-order valence-electron chi connectivity index (χ0n) is 17.7. The zero-order chi connectivity index (χ0) is 22.5. The highest BCUT2D eigenvalue weighted by Gasteiger charge is 2.35. The van der Waals surface area contributed by atoms with Crippen molar-refractivity contribution in [3.05, 3.63) is 88.9 Å². The van der Waals surface area contributed by atoms with Gasteiger partial charge in [0.1, 0.15) is 12.4 Å². The highest BCUT2D eigenvalue weighted by molar-refractivity contribution is 6.30. The molecule has 6 nitrogen and oxygen atoms in total. The first-order chi connectivity index (χ1) is 15.5. The maximum Gasteiger partial charge on any atom is 0.243 e. The Bertz CT molecular complexity index is 1100. The van der Waals surface area contributed by atoms with E-state index in [9.17, 15) is 9.59 Å². The second-order valence-electron chi connectivity index (χ2n) is 7.80. The largest absolute Gasteiger partial charge is 0.489 e. The van der Waals surface area contributed by atoms with Gasteiger partial charge in [0.05, 0.1) is 11.6 Å². The van der Waals surface area contributed by atoms with Gasteiger partial charge in [0.25, 0.3) is 0 Å². The number of anilines is 2. The predicted molar refractivity (Wildman–Crippen MR) is 126 cm³/mol. The molecule has 0 unspecified atom stereocenters. The number of nitrogens with one attached hydrogen (secondary N) is 2. The maximum atomic E-state index is 12.6. The number of ether oxygens (including phenoxy) is 1. The topological polar surface area (TPSA) is 70.7 Å². The van der Waals surface area contributed by atoms with E-state index >= 15 is 0 Å². The third kappa shape index (κ3) is 5.39. The molecule has 1 saturated heterocycles. The second-order valence-corrected chi connectivity index (χ2v) is 8.23. The molecule has 32 heavy (non-hydrogen) atoms. The molecule has 3 aromatic rings. The van der Waals surface area contributed by atoms with Crippen LogP contribution in [0.5, 0.6) is 5.75 Å². The summed E-state index contributed by atoms with van der Waals surface area (Å²) >= 11 is 5.90. The average Bonchev–Trinajstić information content (AvgIpc) is 3.19. The molecule has 1 aliphatic rings. The van der Waals surface area contributed by atoms with E-state index in [4.69, 9.17) is 16.3 Å². The number of nitrogens with zero attached hydrogens (tertiary/aromatic N) is 1. The second kappa shape index (κ2) is 9.75. The van der Waals surface area contributed by atoms with E-state index in [1.54, 1.807) is 11.0 Å². The lowest BCUT2D eigenvalue weighted by Gasteiger charge is -2.17. The summed E-state index contributed by atoms with van der Waals surface area (Å²) in [5, 5.41) is 0.682. The van der Waals surface area contributed by atoms with E-state index in [0.29, 0.717) is 29.6 Å². The van der Waals surface area contributed by atoms with Gasteiger partial charge in [0.15, 0.2) is 0 Å². The van der Waals surface area contributed by atoms with Crippen molar-refractivity contribution in [3.63, 3.8) is 0 Å². The summed E-state index contributed by atoms with van der Waals surface area (Å²) in [6.45, 7) is 2.76. The molecule has 0 aliphatic carbocycles. The Morgan fingerprint density at radius 3 is 2.59 bits per heavy atom. The highest BCUT2D eigenvalue weighted by atomic mass is 35.5. The number of hydrogen-bond donors (Lipinski definition) is 2. The van der Waals surface area contributed by atoms with E-state index in [0.717, 1.165) is 16.8 Å². The van der Waals surface area contributed by atoms with Crippen molar-refractivity contribution in [1.29, 1.82) is 0 Å². The minimum atomic E-state index is -0.416. The van der Waals surface area contributed by atoms with Gasteiger partial charge in [-0.15, -0.1) is 0 Å². The van der Waals surface area contributed by atoms with Crippen LogP contribution in [-0.2, 0) is 16.2 Å². The Morgan fingerprint density at radius 1 is 1.09 bits per heavy atom. The van der Waals surface area contributed by atoms with Gasteiger partial charge in [0, 0.05) is 29.7 Å². The monoisotopic (exact) mass is 449 g/mol. The number of benzene rings is 3. The van der Waals surface area contributed by atoms with Crippen molar-refractivity contribution >= 4 is 34.8 Å². The van der Waals surface area contributed by atoms with E-state index in [2.05, 4.69) is 10.9 Å². The molecule has 3 aromatic carbocycles. The predicted octanol–water partition coefficient (Wildman–Crippen LogP) is 4.72. The van der Waals surface area contributed by atoms with Crippen LogP contribution in [0, 0.1) is 12.8 Å². The first kappa shape index (κ1) is 21.7. The summed E-state index contributed by atoms with van der Waals surface area (Å²) in [5.41, 5.74) is 9.26. The number of rotatable bonds is 7. The molecule has 1 atom stereocenters. The molecule has 164 valence electrons. The van der Waals surface area contributed by atoms with Crippen LogP contribution in [-0.4, -0.2) is 18.4 Å². The van der Waals surface area contributed by atoms with E-state index in [-0.39, 0.29) is 18.2 Å². The van der Waals surface area contributed by atoms with Gasteiger partial charge in [-0.05, 0) is 48.9 Å². The normalized spacial score (nSPS) is 15.5. The first-order valence-electron chi connectivity index (χ1n) is 10.4.